The lowest BCUT2D eigenvalue weighted by molar-refractivity contribution is 0.0807. The van der Waals surface area contributed by atoms with E-state index in [9.17, 15) is 15.3 Å². The third-order valence-corrected chi connectivity index (χ3v) is 4.55. The molecule has 3 aromatic rings. The van der Waals surface area contributed by atoms with Crippen LogP contribution in [0.1, 0.15) is 5.56 Å². The molecule has 0 saturated heterocycles. The van der Waals surface area contributed by atoms with Crippen LogP contribution in [0.3, 0.4) is 0 Å². The molecule has 0 aliphatic rings. The van der Waals surface area contributed by atoms with Crippen molar-refractivity contribution in [2.24, 2.45) is 11.5 Å². The Morgan fingerprint density at radius 2 is 1.42 bits per heavy atom. The molecule has 1 atom stereocenters. The lowest BCUT2D eigenvalue weighted by Gasteiger charge is -2.26. The Hall–Kier alpha value is -2.79. The van der Waals surface area contributed by atoms with Gasteiger partial charge in [-0.2, -0.15) is 0 Å². The molecule has 0 aliphatic carbocycles. The maximum atomic E-state index is 9.86. The van der Waals surface area contributed by atoms with Crippen molar-refractivity contribution >= 4 is 14.5 Å². The van der Waals surface area contributed by atoms with E-state index in [1.54, 1.807) is 42.5 Å². The fraction of sp³-hybridized carbons (Fsp3) is 0.0526. The van der Waals surface area contributed by atoms with Gasteiger partial charge in [-0.05, 0) is 59.7 Å². The van der Waals surface area contributed by atoms with E-state index in [1.165, 1.54) is 18.2 Å². The number of phenols is 3. The smallest absolute Gasteiger partial charge is 0.239 e. The Morgan fingerprint density at radius 1 is 0.808 bits per heavy atom. The molecule has 134 valence electrons. The largest absolute Gasteiger partial charge is 0.508 e. The van der Waals surface area contributed by atoms with Gasteiger partial charge in [-0.25, -0.2) is 0 Å². The predicted molar refractivity (Wildman–Crippen MR) is 103 cm³/mol. The second-order valence-corrected chi connectivity index (χ2v) is 6.44. The zero-order chi connectivity index (χ0) is 18.9. The van der Waals surface area contributed by atoms with Crippen LogP contribution < -0.4 is 21.5 Å². The maximum absolute atomic E-state index is 9.86. The van der Waals surface area contributed by atoms with Gasteiger partial charge in [0.2, 0.25) is 5.85 Å². The van der Waals surface area contributed by atoms with E-state index in [0.717, 1.165) is 11.1 Å². The third kappa shape index (κ3) is 3.58. The highest BCUT2D eigenvalue weighted by Crippen LogP contribution is 2.31. The summed E-state index contributed by atoms with van der Waals surface area (Å²) in [7, 11) is 2.41. The Morgan fingerprint density at radius 3 is 2.04 bits per heavy atom. The van der Waals surface area contributed by atoms with Crippen LogP contribution in [-0.2, 0) is 5.85 Å². The molecule has 0 saturated carbocycles. The number of phenolic OH excluding ortho intramolecular Hbond substituents is 3. The Balaban J connectivity index is 1.84. The molecule has 3 aromatic carbocycles. The second-order valence-electron chi connectivity index (χ2n) is 5.86. The molecule has 0 aliphatic heterocycles. The van der Waals surface area contributed by atoms with Gasteiger partial charge < -0.3 is 20.1 Å². The highest BCUT2D eigenvalue weighted by Gasteiger charge is 2.24. The standard InChI is InChI=1S/C19H19N2O4P/c20-19(21,12-3-5-13(22)6-4-12)25-14-7-1-11(2-8-14)15-9-10-16(23)17(24)18(15)26/h1-10,22-24H,20-21,26H2. The topological polar surface area (TPSA) is 122 Å². The molecule has 6 nitrogen and oxygen atoms in total. The van der Waals surface area contributed by atoms with Crippen LogP contribution in [0.15, 0.2) is 60.7 Å². The van der Waals surface area contributed by atoms with Gasteiger partial charge in [-0.3, -0.25) is 11.5 Å². The summed E-state index contributed by atoms with van der Waals surface area (Å²) >= 11 is 0. The van der Waals surface area contributed by atoms with Crippen LogP contribution in [0, 0.1) is 0 Å². The number of ether oxygens (including phenoxy) is 1. The summed E-state index contributed by atoms with van der Waals surface area (Å²) in [5, 5.41) is 29.2. The minimum absolute atomic E-state index is 0.110. The van der Waals surface area contributed by atoms with Gasteiger partial charge in [0, 0.05) is 10.9 Å². The van der Waals surface area contributed by atoms with Crippen molar-refractivity contribution in [2.75, 3.05) is 0 Å². The van der Waals surface area contributed by atoms with E-state index in [1.807, 2.05) is 0 Å². The summed E-state index contributed by atoms with van der Waals surface area (Å²) in [6.45, 7) is 0. The molecule has 1 unspecified atom stereocenters. The lowest BCUT2D eigenvalue weighted by atomic mass is 10.0. The van der Waals surface area contributed by atoms with Gasteiger partial charge in [0.05, 0.1) is 0 Å². The molecule has 0 heterocycles. The number of rotatable bonds is 4. The number of hydrogen-bond donors (Lipinski definition) is 5. The Bertz CT molecular complexity index is 926. The first kappa shape index (κ1) is 18.0. The minimum atomic E-state index is -1.56. The van der Waals surface area contributed by atoms with E-state index >= 15 is 0 Å². The van der Waals surface area contributed by atoms with Crippen molar-refractivity contribution in [1.82, 2.24) is 0 Å². The number of hydrogen-bond acceptors (Lipinski definition) is 6. The lowest BCUT2D eigenvalue weighted by Crippen LogP contribution is -2.51. The monoisotopic (exact) mass is 370 g/mol. The van der Waals surface area contributed by atoms with Crippen LogP contribution >= 0.6 is 9.24 Å². The highest BCUT2D eigenvalue weighted by molar-refractivity contribution is 7.28. The van der Waals surface area contributed by atoms with E-state index in [4.69, 9.17) is 16.2 Å². The van der Waals surface area contributed by atoms with Crippen molar-refractivity contribution in [2.45, 2.75) is 5.85 Å². The number of aromatic hydroxyl groups is 3. The molecule has 0 aromatic heterocycles. The molecule has 0 radical (unpaired) electrons. The fourth-order valence-corrected chi connectivity index (χ4v) is 2.94. The molecular formula is C19H19N2O4P. The highest BCUT2D eigenvalue weighted by atomic mass is 31.0. The van der Waals surface area contributed by atoms with Crippen LogP contribution in [-0.4, -0.2) is 15.3 Å². The van der Waals surface area contributed by atoms with E-state index < -0.39 is 5.85 Å². The summed E-state index contributed by atoms with van der Waals surface area (Å²) in [4.78, 5) is 0. The van der Waals surface area contributed by atoms with Gasteiger partial charge in [0.1, 0.15) is 11.5 Å². The summed E-state index contributed by atoms with van der Waals surface area (Å²) in [6.07, 6.45) is 0. The van der Waals surface area contributed by atoms with Crippen LogP contribution in [0.25, 0.3) is 11.1 Å². The fourth-order valence-electron chi connectivity index (χ4n) is 2.53. The van der Waals surface area contributed by atoms with E-state index in [2.05, 4.69) is 9.24 Å². The van der Waals surface area contributed by atoms with Crippen molar-refractivity contribution in [3.05, 3.63) is 66.2 Å². The maximum Gasteiger partial charge on any atom is 0.239 e. The van der Waals surface area contributed by atoms with Crippen LogP contribution in [0.4, 0.5) is 0 Å². The van der Waals surface area contributed by atoms with Gasteiger partial charge in [0.25, 0.3) is 0 Å². The van der Waals surface area contributed by atoms with Gasteiger partial charge in [0.15, 0.2) is 11.5 Å². The van der Waals surface area contributed by atoms with Gasteiger partial charge >= 0.3 is 0 Å². The average molecular weight is 370 g/mol. The summed E-state index contributed by atoms with van der Waals surface area (Å²) in [6, 6.07) is 16.3. The Kier molecular flexibility index (Phi) is 4.74. The quantitative estimate of drug-likeness (QED) is 0.272. The number of nitrogens with two attached hydrogens (primary N) is 2. The average Bonchev–Trinajstić information content (AvgIpc) is 2.61. The molecule has 3 rings (SSSR count). The molecular weight excluding hydrogens is 351 g/mol. The van der Waals surface area contributed by atoms with Gasteiger partial charge in [-0.1, -0.05) is 12.1 Å². The summed E-state index contributed by atoms with van der Waals surface area (Å²) in [5.74, 6) is -1.34. The first-order valence-corrected chi connectivity index (χ1v) is 8.33. The summed E-state index contributed by atoms with van der Waals surface area (Å²) in [5.41, 5.74) is 14.2. The van der Waals surface area contributed by atoms with E-state index in [0.29, 0.717) is 16.6 Å². The van der Waals surface area contributed by atoms with Crippen molar-refractivity contribution in [3.63, 3.8) is 0 Å². The SMILES string of the molecule is NC(N)(Oc1ccc(-c2ccc(O)c(O)c2P)cc1)c1ccc(O)cc1. The zero-order valence-corrected chi connectivity index (χ0v) is 14.9. The van der Waals surface area contributed by atoms with Crippen molar-refractivity contribution in [1.29, 1.82) is 0 Å². The molecule has 0 spiro atoms. The first-order valence-electron chi connectivity index (χ1n) is 7.75. The zero-order valence-electron chi connectivity index (χ0n) is 13.8. The minimum Gasteiger partial charge on any atom is -0.508 e. The van der Waals surface area contributed by atoms with E-state index in [-0.39, 0.29) is 17.2 Å². The Labute approximate surface area is 152 Å². The van der Waals surface area contributed by atoms with Crippen LogP contribution in [0.2, 0.25) is 0 Å². The van der Waals surface area contributed by atoms with Gasteiger partial charge in [-0.15, -0.1) is 9.24 Å². The van der Waals surface area contributed by atoms with Crippen molar-refractivity contribution < 1.29 is 20.1 Å². The molecule has 7 N–H and O–H groups in total. The molecule has 0 fully saturated rings. The number of benzene rings is 3. The van der Waals surface area contributed by atoms with Crippen LogP contribution in [0.5, 0.6) is 23.0 Å². The first-order chi connectivity index (χ1) is 12.3. The third-order valence-electron chi connectivity index (χ3n) is 3.97. The normalized spacial score (nSPS) is 11.3. The molecule has 0 bridgehead atoms. The molecule has 0 amide bonds. The molecule has 7 heteroatoms. The molecule has 26 heavy (non-hydrogen) atoms. The second kappa shape index (κ2) is 6.84. The summed E-state index contributed by atoms with van der Waals surface area (Å²) < 4.78 is 5.67. The van der Waals surface area contributed by atoms with Crippen molar-refractivity contribution in [3.8, 4) is 34.1 Å². The predicted octanol–water partition coefficient (Wildman–Crippen LogP) is 2.08.